The second kappa shape index (κ2) is 8.19. The van der Waals surface area contributed by atoms with Gasteiger partial charge in [0.25, 0.3) is 0 Å². The summed E-state index contributed by atoms with van der Waals surface area (Å²) >= 11 is 0. The standard InChI is InChI=1S/C15H21NO4/c1-3-5-12(15(18)19)10-16-14(17)9-11-6-4-7-13(8-11)20-2/h4,6-8,12H,3,5,9-10H2,1-2H3,(H,16,17)(H,18,19). The summed E-state index contributed by atoms with van der Waals surface area (Å²) in [5, 5.41) is 11.7. The number of carboxylic acids is 1. The lowest BCUT2D eigenvalue weighted by Crippen LogP contribution is -2.33. The highest BCUT2D eigenvalue weighted by Gasteiger charge is 2.17. The zero-order valence-corrected chi connectivity index (χ0v) is 11.9. The van der Waals surface area contributed by atoms with Crippen molar-refractivity contribution < 1.29 is 19.4 Å². The van der Waals surface area contributed by atoms with Gasteiger partial charge in [-0.15, -0.1) is 0 Å². The summed E-state index contributed by atoms with van der Waals surface area (Å²) in [5.74, 6) is -0.868. The van der Waals surface area contributed by atoms with Gasteiger partial charge >= 0.3 is 5.97 Å². The van der Waals surface area contributed by atoms with Crippen molar-refractivity contribution >= 4 is 11.9 Å². The quantitative estimate of drug-likeness (QED) is 0.761. The lowest BCUT2D eigenvalue weighted by Gasteiger charge is -2.12. The SMILES string of the molecule is CCCC(CNC(=O)Cc1cccc(OC)c1)C(=O)O. The molecule has 110 valence electrons. The van der Waals surface area contributed by atoms with Crippen LogP contribution in [-0.4, -0.2) is 30.6 Å². The molecule has 1 amide bonds. The monoisotopic (exact) mass is 279 g/mol. The summed E-state index contributed by atoms with van der Waals surface area (Å²) in [5.41, 5.74) is 0.837. The number of aliphatic carboxylic acids is 1. The molecule has 20 heavy (non-hydrogen) atoms. The Morgan fingerprint density at radius 3 is 2.75 bits per heavy atom. The predicted octanol–water partition coefficient (Wildman–Crippen LogP) is 1.85. The fourth-order valence-corrected chi connectivity index (χ4v) is 1.93. The number of carbonyl (C=O) groups is 2. The summed E-state index contributed by atoms with van der Waals surface area (Å²) in [6.07, 6.45) is 1.56. The summed E-state index contributed by atoms with van der Waals surface area (Å²) in [6, 6.07) is 7.25. The minimum atomic E-state index is -0.867. The molecule has 1 atom stereocenters. The van der Waals surface area contributed by atoms with Gasteiger partial charge in [-0.3, -0.25) is 9.59 Å². The van der Waals surface area contributed by atoms with Crippen molar-refractivity contribution in [3.8, 4) is 5.75 Å². The molecule has 1 aromatic carbocycles. The van der Waals surface area contributed by atoms with Crippen LogP contribution in [0.25, 0.3) is 0 Å². The second-order valence-corrected chi connectivity index (χ2v) is 4.66. The summed E-state index contributed by atoms with van der Waals surface area (Å²) in [4.78, 5) is 22.8. The molecule has 0 aliphatic carbocycles. The highest BCUT2D eigenvalue weighted by Crippen LogP contribution is 2.13. The van der Waals surface area contributed by atoms with Gasteiger partial charge in [0, 0.05) is 6.54 Å². The molecule has 1 unspecified atom stereocenters. The fourth-order valence-electron chi connectivity index (χ4n) is 1.93. The van der Waals surface area contributed by atoms with Gasteiger partial charge in [0.05, 0.1) is 19.4 Å². The first-order chi connectivity index (χ1) is 9.56. The number of benzene rings is 1. The van der Waals surface area contributed by atoms with Crippen LogP contribution in [0.15, 0.2) is 24.3 Å². The van der Waals surface area contributed by atoms with Crippen LogP contribution in [0.4, 0.5) is 0 Å². The summed E-state index contributed by atoms with van der Waals surface area (Å²) in [7, 11) is 1.57. The van der Waals surface area contributed by atoms with Crippen LogP contribution in [0.5, 0.6) is 5.75 Å². The van der Waals surface area contributed by atoms with E-state index in [1.54, 1.807) is 13.2 Å². The average molecular weight is 279 g/mol. The Labute approximate surface area is 118 Å². The highest BCUT2D eigenvalue weighted by molar-refractivity contribution is 5.79. The van der Waals surface area contributed by atoms with Gasteiger partial charge < -0.3 is 15.2 Å². The topological polar surface area (TPSA) is 75.6 Å². The first-order valence-corrected chi connectivity index (χ1v) is 6.69. The van der Waals surface area contributed by atoms with Gasteiger partial charge in [-0.25, -0.2) is 0 Å². The molecule has 0 spiro atoms. The second-order valence-electron chi connectivity index (χ2n) is 4.66. The van der Waals surface area contributed by atoms with Crippen LogP contribution >= 0.6 is 0 Å². The molecule has 1 rings (SSSR count). The Balaban J connectivity index is 2.48. The fraction of sp³-hybridized carbons (Fsp3) is 0.467. The van der Waals surface area contributed by atoms with E-state index >= 15 is 0 Å². The zero-order valence-electron chi connectivity index (χ0n) is 11.9. The van der Waals surface area contributed by atoms with Crippen LogP contribution in [0.2, 0.25) is 0 Å². The third-order valence-electron chi connectivity index (χ3n) is 3.03. The maximum atomic E-state index is 11.8. The maximum Gasteiger partial charge on any atom is 0.308 e. The lowest BCUT2D eigenvalue weighted by molar-refractivity contribution is -0.141. The smallest absolute Gasteiger partial charge is 0.308 e. The molecule has 0 aliphatic rings. The van der Waals surface area contributed by atoms with Gasteiger partial charge in [0.15, 0.2) is 0 Å². The van der Waals surface area contributed by atoms with Crippen molar-refractivity contribution in [1.82, 2.24) is 5.32 Å². The first-order valence-electron chi connectivity index (χ1n) is 6.69. The van der Waals surface area contributed by atoms with Gasteiger partial charge in [0.2, 0.25) is 5.91 Å². The summed E-state index contributed by atoms with van der Waals surface area (Å²) < 4.78 is 5.09. The van der Waals surface area contributed by atoms with Crippen molar-refractivity contribution in [1.29, 1.82) is 0 Å². The number of hydrogen-bond acceptors (Lipinski definition) is 3. The molecule has 0 bridgehead atoms. The van der Waals surface area contributed by atoms with Crippen molar-refractivity contribution in [2.75, 3.05) is 13.7 Å². The Morgan fingerprint density at radius 1 is 1.40 bits per heavy atom. The van der Waals surface area contributed by atoms with Gasteiger partial charge in [0.1, 0.15) is 5.75 Å². The maximum absolute atomic E-state index is 11.8. The number of methoxy groups -OCH3 is 1. The van der Waals surface area contributed by atoms with Crippen LogP contribution in [0.3, 0.4) is 0 Å². The molecule has 5 heteroatoms. The van der Waals surface area contributed by atoms with Crippen molar-refractivity contribution in [3.05, 3.63) is 29.8 Å². The van der Waals surface area contributed by atoms with E-state index in [-0.39, 0.29) is 18.9 Å². The molecular formula is C15H21NO4. The van der Waals surface area contributed by atoms with E-state index in [4.69, 9.17) is 9.84 Å². The minimum Gasteiger partial charge on any atom is -0.497 e. The zero-order chi connectivity index (χ0) is 15.0. The number of rotatable bonds is 8. The Kier molecular flexibility index (Phi) is 6.56. The van der Waals surface area contributed by atoms with Crippen LogP contribution in [-0.2, 0) is 16.0 Å². The molecule has 2 N–H and O–H groups in total. The number of carbonyl (C=O) groups excluding carboxylic acids is 1. The van der Waals surface area contributed by atoms with E-state index in [1.165, 1.54) is 0 Å². The molecule has 0 fully saturated rings. The first kappa shape index (κ1) is 16.0. The Morgan fingerprint density at radius 2 is 2.15 bits per heavy atom. The molecular weight excluding hydrogens is 258 g/mol. The molecule has 0 aliphatic heterocycles. The Hall–Kier alpha value is -2.04. The molecule has 0 radical (unpaired) electrons. The molecule has 0 saturated heterocycles. The molecule has 1 aromatic rings. The van der Waals surface area contributed by atoms with E-state index in [9.17, 15) is 9.59 Å². The van der Waals surface area contributed by atoms with E-state index in [0.717, 1.165) is 12.0 Å². The molecule has 5 nitrogen and oxygen atoms in total. The molecule has 0 heterocycles. The van der Waals surface area contributed by atoms with Crippen LogP contribution < -0.4 is 10.1 Å². The number of nitrogens with one attached hydrogen (secondary N) is 1. The summed E-state index contributed by atoms with van der Waals surface area (Å²) in [6.45, 7) is 2.10. The third-order valence-corrected chi connectivity index (χ3v) is 3.03. The van der Waals surface area contributed by atoms with Crippen LogP contribution in [0, 0.1) is 5.92 Å². The van der Waals surface area contributed by atoms with E-state index in [2.05, 4.69) is 5.32 Å². The number of amides is 1. The molecule has 0 aromatic heterocycles. The minimum absolute atomic E-state index is 0.173. The predicted molar refractivity (Wildman–Crippen MR) is 75.7 cm³/mol. The lowest BCUT2D eigenvalue weighted by atomic mass is 10.0. The largest absolute Gasteiger partial charge is 0.497 e. The number of carboxylic acid groups (broad SMARTS) is 1. The van der Waals surface area contributed by atoms with Gasteiger partial charge in [-0.1, -0.05) is 25.5 Å². The average Bonchev–Trinajstić information content (AvgIpc) is 2.43. The molecule has 0 saturated carbocycles. The van der Waals surface area contributed by atoms with Crippen molar-refractivity contribution in [2.24, 2.45) is 5.92 Å². The number of ether oxygens (including phenoxy) is 1. The van der Waals surface area contributed by atoms with Gasteiger partial charge in [-0.2, -0.15) is 0 Å². The van der Waals surface area contributed by atoms with Crippen LogP contribution in [0.1, 0.15) is 25.3 Å². The van der Waals surface area contributed by atoms with Crippen molar-refractivity contribution in [3.63, 3.8) is 0 Å². The third kappa shape index (κ3) is 5.30. The Bertz CT molecular complexity index is 459. The van der Waals surface area contributed by atoms with E-state index < -0.39 is 11.9 Å². The van der Waals surface area contributed by atoms with Crippen molar-refractivity contribution in [2.45, 2.75) is 26.2 Å². The highest BCUT2D eigenvalue weighted by atomic mass is 16.5. The van der Waals surface area contributed by atoms with E-state index in [1.807, 2.05) is 25.1 Å². The van der Waals surface area contributed by atoms with Gasteiger partial charge in [-0.05, 0) is 24.1 Å². The number of hydrogen-bond donors (Lipinski definition) is 2. The van der Waals surface area contributed by atoms with E-state index in [0.29, 0.717) is 12.2 Å². The normalized spacial score (nSPS) is 11.7.